The average molecular weight is 322 g/mol. The molecule has 0 heterocycles. The van der Waals surface area contributed by atoms with Crippen LogP contribution < -0.4 is 4.31 Å². The van der Waals surface area contributed by atoms with Crippen molar-refractivity contribution in [3.8, 4) is 0 Å². The fraction of sp³-hybridized carbons (Fsp3) is 0.300. The molecule has 17 heavy (non-hydrogen) atoms. The lowest BCUT2D eigenvalue weighted by molar-refractivity contribution is -0.135. The Labute approximate surface area is 108 Å². The molecule has 0 atom stereocenters. The zero-order valence-corrected chi connectivity index (χ0v) is 11.5. The Morgan fingerprint density at radius 2 is 2.00 bits per heavy atom. The lowest BCUT2D eigenvalue weighted by atomic mass is 10.3. The molecule has 1 N–H and O–H groups in total. The Kier molecular flexibility index (Phi) is 4.53. The summed E-state index contributed by atoms with van der Waals surface area (Å²) >= 11 is 3.21. The third-order valence-electron chi connectivity index (χ3n) is 2.10. The minimum Gasteiger partial charge on any atom is -0.480 e. The van der Waals surface area contributed by atoms with Crippen LogP contribution in [0.25, 0.3) is 0 Å². The van der Waals surface area contributed by atoms with Gasteiger partial charge in [-0.1, -0.05) is 12.1 Å². The van der Waals surface area contributed by atoms with E-state index in [0.717, 1.165) is 4.31 Å². The van der Waals surface area contributed by atoms with Crippen molar-refractivity contribution in [3.63, 3.8) is 0 Å². The minimum atomic E-state index is -3.61. The average Bonchev–Trinajstić information content (AvgIpc) is 2.26. The Morgan fingerprint density at radius 1 is 1.41 bits per heavy atom. The molecule has 0 aliphatic heterocycles. The zero-order chi connectivity index (χ0) is 13.1. The maximum atomic E-state index is 11.8. The molecule has 0 saturated heterocycles. The molecule has 0 aliphatic carbocycles. The zero-order valence-electron chi connectivity index (χ0n) is 9.13. The van der Waals surface area contributed by atoms with Gasteiger partial charge in [0.2, 0.25) is 10.0 Å². The molecule has 5 nitrogen and oxygen atoms in total. The van der Waals surface area contributed by atoms with Gasteiger partial charge in [0.1, 0.15) is 6.54 Å². The van der Waals surface area contributed by atoms with Crippen LogP contribution in [0.5, 0.6) is 0 Å². The van der Waals surface area contributed by atoms with Crippen molar-refractivity contribution in [1.82, 2.24) is 0 Å². The molecule has 1 rings (SSSR count). The summed E-state index contributed by atoms with van der Waals surface area (Å²) in [4.78, 5) is 10.7. The third-order valence-corrected chi connectivity index (χ3v) is 4.50. The summed E-state index contributed by atoms with van der Waals surface area (Å²) in [5.41, 5.74) is 0.330. The van der Waals surface area contributed by atoms with Crippen LogP contribution in [0.3, 0.4) is 0 Å². The summed E-state index contributed by atoms with van der Waals surface area (Å²) < 4.78 is 25.1. The molecule has 0 bridgehead atoms. The summed E-state index contributed by atoms with van der Waals surface area (Å²) in [6.45, 7) is 0.889. The van der Waals surface area contributed by atoms with Gasteiger partial charge in [-0.15, -0.1) is 0 Å². The summed E-state index contributed by atoms with van der Waals surface area (Å²) in [6, 6.07) is 6.60. The van der Waals surface area contributed by atoms with Crippen molar-refractivity contribution < 1.29 is 18.3 Å². The van der Waals surface area contributed by atoms with Crippen LogP contribution in [0, 0.1) is 0 Å². The number of benzene rings is 1. The molecular weight excluding hydrogens is 310 g/mol. The number of hydrogen-bond donors (Lipinski definition) is 1. The number of anilines is 1. The van der Waals surface area contributed by atoms with Crippen molar-refractivity contribution >= 4 is 37.6 Å². The van der Waals surface area contributed by atoms with Crippen LogP contribution in [-0.2, 0) is 14.8 Å². The SMILES string of the molecule is CCS(=O)(=O)N(CC(=O)O)c1ccccc1Br. The lowest BCUT2D eigenvalue weighted by Gasteiger charge is -2.22. The first-order chi connectivity index (χ1) is 7.88. The van der Waals surface area contributed by atoms with Crippen molar-refractivity contribution in [1.29, 1.82) is 0 Å². The van der Waals surface area contributed by atoms with Gasteiger partial charge in [-0.2, -0.15) is 0 Å². The predicted molar refractivity (Wildman–Crippen MR) is 68.6 cm³/mol. The summed E-state index contributed by atoms with van der Waals surface area (Å²) in [5.74, 6) is -1.35. The molecule has 0 radical (unpaired) electrons. The Bertz CT molecular complexity index is 515. The first-order valence-corrected chi connectivity index (χ1v) is 7.25. The Balaban J connectivity index is 3.25. The molecule has 0 aromatic heterocycles. The van der Waals surface area contributed by atoms with Gasteiger partial charge in [0.15, 0.2) is 0 Å². The molecule has 7 heteroatoms. The lowest BCUT2D eigenvalue weighted by Crippen LogP contribution is -2.37. The highest BCUT2D eigenvalue weighted by Gasteiger charge is 2.24. The highest BCUT2D eigenvalue weighted by molar-refractivity contribution is 9.10. The van der Waals surface area contributed by atoms with Crippen molar-refractivity contribution in [2.24, 2.45) is 0 Å². The standard InChI is InChI=1S/C10H12BrNO4S/c1-2-17(15,16)12(7-10(13)14)9-6-4-3-5-8(9)11/h3-6H,2,7H2,1H3,(H,13,14). The highest BCUT2D eigenvalue weighted by atomic mass is 79.9. The predicted octanol–water partition coefficient (Wildman–Crippen LogP) is 1.69. The number of halogens is 1. The van der Waals surface area contributed by atoms with Crippen LogP contribution in [0.2, 0.25) is 0 Å². The fourth-order valence-corrected chi connectivity index (χ4v) is 2.96. The quantitative estimate of drug-likeness (QED) is 0.895. The molecule has 0 aliphatic rings. The van der Waals surface area contributed by atoms with E-state index < -0.39 is 22.5 Å². The van der Waals surface area contributed by atoms with Gasteiger partial charge in [0.25, 0.3) is 0 Å². The van der Waals surface area contributed by atoms with E-state index in [1.54, 1.807) is 24.3 Å². The van der Waals surface area contributed by atoms with Gasteiger partial charge >= 0.3 is 5.97 Å². The van der Waals surface area contributed by atoms with E-state index >= 15 is 0 Å². The molecule has 0 unspecified atom stereocenters. The first kappa shape index (κ1) is 14.0. The van der Waals surface area contributed by atoms with E-state index in [1.807, 2.05) is 0 Å². The van der Waals surface area contributed by atoms with Crippen LogP contribution in [0.4, 0.5) is 5.69 Å². The second-order valence-corrected chi connectivity index (χ2v) is 6.29. The number of sulfonamides is 1. The van der Waals surface area contributed by atoms with Gasteiger partial charge in [0.05, 0.1) is 11.4 Å². The summed E-state index contributed by atoms with van der Waals surface area (Å²) in [5, 5.41) is 8.77. The van der Waals surface area contributed by atoms with E-state index in [2.05, 4.69) is 15.9 Å². The monoisotopic (exact) mass is 321 g/mol. The number of carboxylic acid groups (broad SMARTS) is 1. The molecule has 0 fully saturated rings. The number of rotatable bonds is 5. The van der Waals surface area contributed by atoms with Crippen LogP contribution >= 0.6 is 15.9 Å². The van der Waals surface area contributed by atoms with Crippen molar-refractivity contribution in [2.45, 2.75) is 6.92 Å². The second kappa shape index (κ2) is 5.50. The van der Waals surface area contributed by atoms with Crippen molar-refractivity contribution in [3.05, 3.63) is 28.7 Å². The van der Waals surface area contributed by atoms with E-state index in [1.165, 1.54) is 6.92 Å². The molecule has 0 spiro atoms. The molecule has 1 aromatic carbocycles. The molecule has 1 aromatic rings. The van der Waals surface area contributed by atoms with E-state index in [9.17, 15) is 13.2 Å². The van der Waals surface area contributed by atoms with E-state index in [-0.39, 0.29) is 5.75 Å². The number of nitrogens with zero attached hydrogens (tertiary/aromatic N) is 1. The maximum Gasteiger partial charge on any atom is 0.324 e. The van der Waals surface area contributed by atoms with Gasteiger partial charge in [0, 0.05) is 4.47 Å². The van der Waals surface area contributed by atoms with Gasteiger partial charge in [-0.3, -0.25) is 9.10 Å². The van der Waals surface area contributed by atoms with Crippen LogP contribution in [0.15, 0.2) is 28.7 Å². The topological polar surface area (TPSA) is 74.7 Å². The van der Waals surface area contributed by atoms with Crippen molar-refractivity contribution in [2.75, 3.05) is 16.6 Å². The number of hydrogen-bond acceptors (Lipinski definition) is 3. The third kappa shape index (κ3) is 3.44. The molecule has 94 valence electrons. The number of carboxylic acids is 1. The van der Waals surface area contributed by atoms with E-state index in [4.69, 9.17) is 5.11 Å². The first-order valence-electron chi connectivity index (χ1n) is 4.85. The Morgan fingerprint density at radius 3 is 2.47 bits per heavy atom. The van der Waals surface area contributed by atoms with Crippen LogP contribution in [0.1, 0.15) is 6.92 Å². The maximum absolute atomic E-state index is 11.8. The molecule has 0 saturated carbocycles. The summed E-state index contributed by atoms with van der Waals surface area (Å²) in [7, 11) is -3.61. The number of para-hydroxylation sites is 1. The smallest absolute Gasteiger partial charge is 0.324 e. The van der Waals surface area contributed by atoms with Gasteiger partial charge in [-0.25, -0.2) is 8.42 Å². The molecular formula is C10H12BrNO4S. The minimum absolute atomic E-state index is 0.151. The number of aliphatic carboxylic acids is 1. The highest BCUT2D eigenvalue weighted by Crippen LogP contribution is 2.27. The number of carbonyl (C=O) groups is 1. The summed E-state index contributed by atoms with van der Waals surface area (Å²) in [6.07, 6.45) is 0. The fourth-order valence-electron chi connectivity index (χ4n) is 1.27. The van der Waals surface area contributed by atoms with Gasteiger partial charge < -0.3 is 5.11 Å². The Hall–Kier alpha value is -1.08. The molecule has 0 amide bonds. The second-order valence-electron chi connectivity index (χ2n) is 3.25. The normalized spacial score (nSPS) is 11.2. The van der Waals surface area contributed by atoms with Gasteiger partial charge in [-0.05, 0) is 35.0 Å². The van der Waals surface area contributed by atoms with Crippen LogP contribution in [-0.4, -0.2) is 31.8 Å². The van der Waals surface area contributed by atoms with E-state index in [0.29, 0.717) is 10.2 Å². The largest absolute Gasteiger partial charge is 0.480 e.